The molecule has 0 aliphatic carbocycles. The van der Waals surface area contributed by atoms with Gasteiger partial charge in [-0.05, 0) is 12.1 Å². The second-order valence-electron chi connectivity index (χ2n) is 2.74. The molecule has 1 aromatic heterocycles. The van der Waals surface area contributed by atoms with E-state index in [0.717, 1.165) is 11.5 Å². The third kappa shape index (κ3) is 2.74. The zero-order chi connectivity index (χ0) is 8.93. The number of nitrogens with zero attached hydrogens (tertiary/aromatic N) is 2. The fourth-order valence-corrected chi connectivity index (χ4v) is 2.87. The van der Waals surface area contributed by atoms with Gasteiger partial charge in [0.15, 0.2) is 0 Å². The molecule has 0 radical (unpaired) electrons. The Morgan fingerprint density at radius 1 is 1.46 bits per heavy atom. The van der Waals surface area contributed by atoms with Gasteiger partial charge in [0.2, 0.25) is 0 Å². The molecule has 1 aliphatic rings. The van der Waals surface area contributed by atoms with Crippen LogP contribution in [0.1, 0.15) is 0 Å². The quantitative estimate of drug-likeness (QED) is 0.716. The molecule has 2 nitrogen and oxygen atoms in total. The van der Waals surface area contributed by atoms with Gasteiger partial charge in [0.25, 0.3) is 0 Å². The van der Waals surface area contributed by atoms with Crippen molar-refractivity contribution in [1.82, 2.24) is 4.98 Å². The molecule has 1 aliphatic heterocycles. The van der Waals surface area contributed by atoms with Crippen LogP contribution in [0, 0.1) is 0 Å². The van der Waals surface area contributed by atoms with Gasteiger partial charge in [-0.15, -0.1) is 23.5 Å². The average molecular weight is 210 g/mol. The van der Waals surface area contributed by atoms with E-state index < -0.39 is 0 Å². The highest BCUT2D eigenvalue weighted by atomic mass is 32.2. The molecule has 13 heavy (non-hydrogen) atoms. The number of aliphatic imine (C=N–C) groups is 1. The summed E-state index contributed by atoms with van der Waals surface area (Å²) < 4.78 is 0. The van der Waals surface area contributed by atoms with E-state index in [1.165, 1.54) is 4.90 Å². The second-order valence-corrected chi connectivity index (χ2v) is 4.71. The van der Waals surface area contributed by atoms with Crippen LogP contribution in [0.4, 0.5) is 0 Å². The molecule has 68 valence electrons. The highest BCUT2D eigenvalue weighted by Crippen LogP contribution is 2.21. The summed E-state index contributed by atoms with van der Waals surface area (Å²) in [4.78, 5) is 9.61. The van der Waals surface area contributed by atoms with E-state index in [2.05, 4.69) is 9.98 Å². The summed E-state index contributed by atoms with van der Waals surface area (Å²) in [5.41, 5.74) is 1.96. The van der Waals surface area contributed by atoms with E-state index >= 15 is 0 Å². The molecule has 0 amide bonds. The Kier molecular flexibility index (Phi) is 3.27. The highest BCUT2D eigenvalue weighted by molar-refractivity contribution is 8.12. The van der Waals surface area contributed by atoms with Crippen molar-refractivity contribution in [1.29, 1.82) is 0 Å². The van der Waals surface area contributed by atoms with E-state index in [9.17, 15) is 0 Å². The topological polar surface area (TPSA) is 25.2 Å². The average Bonchev–Trinajstić information content (AvgIpc) is 2.69. The third-order valence-corrected chi connectivity index (χ3v) is 3.73. The Balaban J connectivity index is 1.82. The van der Waals surface area contributed by atoms with Gasteiger partial charge in [0.05, 0.1) is 11.6 Å². The monoisotopic (exact) mass is 210 g/mol. The molecule has 0 bridgehead atoms. The summed E-state index contributed by atoms with van der Waals surface area (Å²) in [5.74, 6) is 2.21. The lowest BCUT2D eigenvalue weighted by molar-refractivity contribution is 0.881. The Morgan fingerprint density at radius 2 is 2.31 bits per heavy atom. The summed E-state index contributed by atoms with van der Waals surface area (Å²) >= 11 is 3.65. The predicted octanol–water partition coefficient (Wildman–Crippen LogP) is 2.32. The molecule has 0 saturated carbocycles. The van der Waals surface area contributed by atoms with Crippen molar-refractivity contribution in [2.24, 2.45) is 4.99 Å². The van der Waals surface area contributed by atoms with Gasteiger partial charge in [-0.25, -0.2) is 0 Å². The molecule has 0 aromatic carbocycles. The van der Waals surface area contributed by atoms with Crippen LogP contribution >= 0.6 is 23.5 Å². The Bertz CT molecular complexity index is 287. The van der Waals surface area contributed by atoms with Crippen molar-refractivity contribution < 1.29 is 0 Å². The highest BCUT2D eigenvalue weighted by Gasteiger charge is 2.10. The lowest BCUT2D eigenvalue weighted by atomic mass is 10.4. The molecule has 2 heterocycles. The molecule has 1 aromatic rings. The Morgan fingerprint density at radius 3 is 3.00 bits per heavy atom. The van der Waals surface area contributed by atoms with Crippen LogP contribution in [-0.4, -0.2) is 28.1 Å². The van der Waals surface area contributed by atoms with Gasteiger partial charge in [0, 0.05) is 28.8 Å². The lowest BCUT2D eigenvalue weighted by Crippen LogP contribution is -2.06. The van der Waals surface area contributed by atoms with Crippen molar-refractivity contribution in [3.05, 3.63) is 24.5 Å². The van der Waals surface area contributed by atoms with Gasteiger partial charge in [-0.2, -0.15) is 0 Å². The fraction of sp³-hybridized carbons (Fsp3) is 0.333. The van der Waals surface area contributed by atoms with Crippen molar-refractivity contribution in [3.63, 3.8) is 0 Å². The smallest absolute Gasteiger partial charge is 0.0693 e. The molecular formula is C9H10N2S2. The van der Waals surface area contributed by atoms with E-state index in [0.29, 0.717) is 6.04 Å². The van der Waals surface area contributed by atoms with Crippen LogP contribution < -0.4 is 0 Å². The van der Waals surface area contributed by atoms with Crippen LogP contribution in [0.2, 0.25) is 0 Å². The second kappa shape index (κ2) is 4.67. The summed E-state index contributed by atoms with van der Waals surface area (Å²) in [6.45, 7) is 0. The number of hydrogen-bond donors (Lipinski definition) is 0. The van der Waals surface area contributed by atoms with Crippen LogP contribution in [0.25, 0.3) is 0 Å². The maximum Gasteiger partial charge on any atom is 0.0693 e. The number of hydrogen-bond acceptors (Lipinski definition) is 4. The van der Waals surface area contributed by atoms with Gasteiger partial charge < -0.3 is 0 Å². The molecule has 0 saturated heterocycles. The summed E-state index contributed by atoms with van der Waals surface area (Å²) in [6, 6.07) is 4.58. The predicted molar refractivity (Wildman–Crippen MR) is 59.7 cm³/mol. The lowest BCUT2D eigenvalue weighted by Gasteiger charge is -2.04. The molecule has 4 heteroatoms. The van der Waals surface area contributed by atoms with E-state index in [4.69, 9.17) is 0 Å². The minimum atomic E-state index is 0.503. The summed E-state index contributed by atoms with van der Waals surface area (Å²) in [7, 11) is 0. The zero-order valence-electron chi connectivity index (χ0n) is 7.09. The van der Waals surface area contributed by atoms with Crippen molar-refractivity contribution in [2.75, 3.05) is 11.5 Å². The first-order chi connectivity index (χ1) is 6.45. The zero-order valence-corrected chi connectivity index (χ0v) is 8.72. The van der Waals surface area contributed by atoms with Gasteiger partial charge in [-0.3, -0.25) is 9.98 Å². The number of thioether (sulfide) groups is 2. The van der Waals surface area contributed by atoms with Crippen LogP contribution in [0.15, 0.2) is 34.4 Å². The normalized spacial score (nSPS) is 20.8. The van der Waals surface area contributed by atoms with Crippen molar-refractivity contribution in [3.8, 4) is 0 Å². The van der Waals surface area contributed by atoms with Crippen LogP contribution in [-0.2, 0) is 0 Å². The van der Waals surface area contributed by atoms with E-state index in [1.807, 2.05) is 41.8 Å². The first-order valence-corrected chi connectivity index (χ1v) is 6.14. The molecule has 0 N–H and O–H groups in total. The molecule has 0 fully saturated rings. The maximum atomic E-state index is 4.35. The Hall–Kier alpha value is -0.480. The first-order valence-electron chi connectivity index (χ1n) is 4.11. The molecular weight excluding hydrogens is 200 g/mol. The minimum absolute atomic E-state index is 0.503. The van der Waals surface area contributed by atoms with Gasteiger partial charge in [0.1, 0.15) is 0 Å². The van der Waals surface area contributed by atoms with Gasteiger partial charge >= 0.3 is 0 Å². The van der Waals surface area contributed by atoms with E-state index in [1.54, 1.807) is 11.8 Å². The number of pyridine rings is 1. The maximum absolute atomic E-state index is 4.35. The molecule has 0 spiro atoms. The summed E-state index contributed by atoms with van der Waals surface area (Å²) in [5, 5.41) is 0. The number of rotatable bonds is 3. The van der Waals surface area contributed by atoms with Crippen molar-refractivity contribution >= 4 is 29.1 Å². The molecule has 1 atom stereocenters. The Labute approximate surface area is 86.2 Å². The van der Waals surface area contributed by atoms with Gasteiger partial charge in [-0.1, -0.05) is 0 Å². The minimum Gasteiger partial charge on any atom is -0.281 e. The van der Waals surface area contributed by atoms with Crippen LogP contribution in [0.5, 0.6) is 0 Å². The van der Waals surface area contributed by atoms with Crippen LogP contribution in [0.3, 0.4) is 0 Å². The van der Waals surface area contributed by atoms with Crippen molar-refractivity contribution in [2.45, 2.75) is 10.9 Å². The standard InChI is InChI=1S/C9H10N2S2/c1-3-10-4-2-9(1)13-6-8-5-12-7-11-8/h1-4,7-8H,5-6H2. The third-order valence-electron chi connectivity index (χ3n) is 1.73. The summed E-state index contributed by atoms with van der Waals surface area (Å²) in [6.07, 6.45) is 3.66. The molecule has 2 rings (SSSR count). The first kappa shape index (κ1) is 9.09. The SMILES string of the molecule is C1=NC(CSc2ccncc2)CS1. The van der Waals surface area contributed by atoms with E-state index in [-0.39, 0.29) is 0 Å². The molecule has 1 unspecified atom stereocenters. The number of aromatic nitrogens is 1. The fourth-order valence-electron chi connectivity index (χ4n) is 1.04. The largest absolute Gasteiger partial charge is 0.281 e.